The number of thioether (sulfide) groups is 1. The van der Waals surface area contributed by atoms with Gasteiger partial charge in [-0.05, 0) is 44.1 Å². The highest BCUT2D eigenvalue weighted by Crippen LogP contribution is 2.22. The van der Waals surface area contributed by atoms with Gasteiger partial charge in [0.05, 0.1) is 0 Å². The van der Waals surface area contributed by atoms with Gasteiger partial charge in [0.1, 0.15) is 6.04 Å². The molecule has 2 N–H and O–H groups in total. The summed E-state index contributed by atoms with van der Waals surface area (Å²) in [5.74, 6) is 0.234. The number of nitrogens with zero attached hydrogens (tertiary/aromatic N) is 1. The normalized spacial score (nSPS) is 24.9. The van der Waals surface area contributed by atoms with E-state index in [1.165, 1.54) is 0 Å². The number of nitrogens with one attached hydrogen (secondary N) is 1. The summed E-state index contributed by atoms with van der Waals surface area (Å²) in [5, 5.41) is 11.8. The van der Waals surface area contributed by atoms with Crippen LogP contribution >= 0.6 is 11.8 Å². The number of hydrogen-bond donors (Lipinski definition) is 2. The maximum atomic E-state index is 12.2. The van der Waals surface area contributed by atoms with Crippen LogP contribution < -0.4 is 5.32 Å². The smallest absolute Gasteiger partial charge is 0.326 e. The fraction of sp³-hybridized carbons (Fsp3) is 0.846. The standard InChI is InChI=1S/C13H24N2O3S/c1-9-5-4-7-15(10(9)2)13(18)14-11(12(16)17)6-8-19-3/h9-11H,4-8H2,1-3H3,(H,14,18)(H,16,17)/t9?,10?,11-/m1/s1. The number of hydrogen-bond acceptors (Lipinski definition) is 3. The van der Waals surface area contributed by atoms with Crippen molar-refractivity contribution in [2.45, 2.75) is 45.2 Å². The molecule has 6 heteroatoms. The molecule has 5 nitrogen and oxygen atoms in total. The van der Waals surface area contributed by atoms with Crippen LogP contribution in [0.3, 0.4) is 0 Å². The van der Waals surface area contributed by atoms with Crippen LogP contribution in [0.15, 0.2) is 0 Å². The van der Waals surface area contributed by atoms with Crippen molar-refractivity contribution in [3.63, 3.8) is 0 Å². The van der Waals surface area contributed by atoms with Crippen molar-refractivity contribution in [2.24, 2.45) is 5.92 Å². The third-order valence-corrected chi connectivity index (χ3v) is 4.48. The number of rotatable bonds is 5. The number of amides is 2. The Balaban J connectivity index is 2.58. The van der Waals surface area contributed by atoms with Crippen LogP contribution in [0.5, 0.6) is 0 Å². The van der Waals surface area contributed by atoms with Crippen molar-refractivity contribution >= 4 is 23.8 Å². The number of urea groups is 1. The maximum Gasteiger partial charge on any atom is 0.326 e. The fourth-order valence-corrected chi connectivity index (χ4v) is 2.82. The van der Waals surface area contributed by atoms with Gasteiger partial charge in [-0.3, -0.25) is 0 Å². The summed E-state index contributed by atoms with van der Waals surface area (Å²) in [7, 11) is 0. The van der Waals surface area contributed by atoms with Crippen LogP contribution in [-0.4, -0.2) is 52.6 Å². The lowest BCUT2D eigenvalue weighted by atomic mass is 9.92. The zero-order valence-electron chi connectivity index (χ0n) is 11.9. The van der Waals surface area contributed by atoms with E-state index < -0.39 is 12.0 Å². The molecule has 1 rings (SSSR count). The van der Waals surface area contributed by atoms with Crippen molar-refractivity contribution in [1.82, 2.24) is 10.2 Å². The summed E-state index contributed by atoms with van der Waals surface area (Å²) < 4.78 is 0. The van der Waals surface area contributed by atoms with E-state index in [2.05, 4.69) is 12.2 Å². The van der Waals surface area contributed by atoms with Crippen LogP contribution in [0, 0.1) is 5.92 Å². The predicted molar refractivity (Wildman–Crippen MR) is 77.5 cm³/mol. The van der Waals surface area contributed by atoms with E-state index >= 15 is 0 Å². The molecule has 0 aliphatic carbocycles. The van der Waals surface area contributed by atoms with E-state index in [1.54, 1.807) is 16.7 Å². The Kier molecular flexibility index (Phi) is 6.48. The zero-order valence-corrected chi connectivity index (χ0v) is 12.7. The van der Waals surface area contributed by atoms with E-state index in [0.717, 1.165) is 18.6 Å². The Morgan fingerprint density at radius 3 is 2.74 bits per heavy atom. The predicted octanol–water partition coefficient (Wildman–Crippen LogP) is 2.02. The number of piperidine rings is 1. The van der Waals surface area contributed by atoms with Gasteiger partial charge in [-0.2, -0.15) is 11.8 Å². The number of carbonyl (C=O) groups is 2. The molecule has 0 aromatic heterocycles. The van der Waals surface area contributed by atoms with Crippen LogP contribution in [0.2, 0.25) is 0 Å². The lowest BCUT2D eigenvalue weighted by molar-refractivity contribution is -0.139. The molecule has 1 saturated heterocycles. The topological polar surface area (TPSA) is 69.6 Å². The van der Waals surface area contributed by atoms with Crippen molar-refractivity contribution in [3.8, 4) is 0 Å². The van der Waals surface area contributed by atoms with Crippen LogP contribution in [-0.2, 0) is 4.79 Å². The highest BCUT2D eigenvalue weighted by atomic mass is 32.2. The molecule has 0 aromatic rings. The quantitative estimate of drug-likeness (QED) is 0.812. The summed E-state index contributed by atoms with van der Waals surface area (Å²) in [6, 6.07) is -0.860. The molecular formula is C13H24N2O3S. The first-order chi connectivity index (χ1) is 8.97. The van der Waals surface area contributed by atoms with E-state index in [4.69, 9.17) is 5.11 Å². The average molecular weight is 288 g/mol. The number of likely N-dealkylation sites (tertiary alicyclic amines) is 1. The molecule has 1 fully saturated rings. The Morgan fingerprint density at radius 1 is 1.47 bits per heavy atom. The first-order valence-electron chi connectivity index (χ1n) is 6.76. The van der Waals surface area contributed by atoms with Crippen molar-refractivity contribution in [1.29, 1.82) is 0 Å². The molecule has 110 valence electrons. The molecule has 0 radical (unpaired) electrons. The molecule has 1 aliphatic rings. The second-order valence-corrected chi connectivity index (χ2v) is 6.16. The minimum absolute atomic E-state index is 0.170. The second-order valence-electron chi connectivity index (χ2n) is 5.18. The number of carboxylic acids is 1. The molecule has 3 atom stereocenters. The second kappa shape index (κ2) is 7.62. The van der Waals surface area contributed by atoms with E-state index in [1.807, 2.05) is 13.2 Å². The van der Waals surface area contributed by atoms with Gasteiger partial charge in [0, 0.05) is 12.6 Å². The fourth-order valence-electron chi connectivity index (χ4n) is 2.35. The van der Waals surface area contributed by atoms with Gasteiger partial charge in [0.25, 0.3) is 0 Å². The van der Waals surface area contributed by atoms with E-state index in [0.29, 0.717) is 18.9 Å². The Morgan fingerprint density at radius 2 is 2.16 bits per heavy atom. The van der Waals surface area contributed by atoms with Crippen LogP contribution in [0.1, 0.15) is 33.1 Å². The van der Waals surface area contributed by atoms with E-state index in [-0.39, 0.29) is 12.1 Å². The van der Waals surface area contributed by atoms with Crippen LogP contribution in [0.4, 0.5) is 4.79 Å². The zero-order chi connectivity index (χ0) is 14.4. The van der Waals surface area contributed by atoms with E-state index in [9.17, 15) is 9.59 Å². The van der Waals surface area contributed by atoms with Crippen molar-refractivity contribution in [3.05, 3.63) is 0 Å². The Labute approximate surface area is 119 Å². The van der Waals surface area contributed by atoms with Gasteiger partial charge in [-0.25, -0.2) is 9.59 Å². The average Bonchev–Trinajstić information content (AvgIpc) is 2.37. The molecule has 0 spiro atoms. The largest absolute Gasteiger partial charge is 0.480 e. The third kappa shape index (κ3) is 4.60. The van der Waals surface area contributed by atoms with Gasteiger partial charge in [0.2, 0.25) is 0 Å². The summed E-state index contributed by atoms with van der Waals surface area (Å²) in [6.45, 7) is 4.87. The number of carbonyl (C=O) groups excluding carboxylic acids is 1. The monoisotopic (exact) mass is 288 g/mol. The molecule has 2 unspecified atom stereocenters. The first-order valence-corrected chi connectivity index (χ1v) is 8.15. The molecule has 19 heavy (non-hydrogen) atoms. The maximum absolute atomic E-state index is 12.2. The molecule has 0 saturated carbocycles. The number of carboxylic acid groups (broad SMARTS) is 1. The molecule has 1 heterocycles. The lowest BCUT2D eigenvalue weighted by Crippen LogP contribution is -2.54. The van der Waals surface area contributed by atoms with Crippen LogP contribution in [0.25, 0.3) is 0 Å². The van der Waals surface area contributed by atoms with Crippen molar-refractivity contribution < 1.29 is 14.7 Å². The first kappa shape index (κ1) is 16.1. The minimum Gasteiger partial charge on any atom is -0.480 e. The molecule has 0 bridgehead atoms. The van der Waals surface area contributed by atoms with Gasteiger partial charge in [-0.15, -0.1) is 0 Å². The SMILES string of the molecule is CSCC[C@@H](NC(=O)N1CCCC(C)C1C)C(=O)O. The Hall–Kier alpha value is -0.910. The van der Waals surface area contributed by atoms with Gasteiger partial charge in [-0.1, -0.05) is 6.92 Å². The van der Waals surface area contributed by atoms with Gasteiger partial charge >= 0.3 is 12.0 Å². The summed E-state index contributed by atoms with van der Waals surface area (Å²) in [5.41, 5.74) is 0. The Bertz CT molecular complexity index is 325. The third-order valence-electron chi connectivity index (χ3n) is 3.84. The molecule has 0 aromatic carbocycles. The van der Waals surface area contributed by atoms with Gasteiger partial charge < -0.3 is 15.3 Å². The highest BCUT2D eigenvalue weighted by Gasteiger charge is 2.30. The lowest BCUT2D eigenvalue weighted by Gasteiger charge is -2.38. The highest BCUT2D eigenvalue weighted by molar-refractivity contribution is 7.98. The molecule has 2 amide bonds. The minimum atomic E-state index is -0.958. The van der Waals surface area contributed by atoms with Crippen molar-refractivity contribution in [2.75, 3.05) is 18.6 Å². The number of aliphatic carboxylic acids is 1. The molecular weight excluding hydrogens is 264 g/mol. The van der Waals surface area contributed by atoms with Gasteiger partial charge in [0.15, 0.2) is 0 Å². The summed E-state index contributed by atoms with van der Waals surface area (Å²) >= 11 is 1.58. The summed E-state index contributed by atoms with van der Waals surface area (Å²) in [4.78, 5) is 25.1. The summed E-state index contributed by atoms with van der Waals surface area (Å²) in [6.07, 6.45) is 4.50. The molecule has 1 aliphatic heterocycles.